The van der Waals surface area contributed by atoms with Gasteiger partial charge in [-0.3, -0.25) is 9.59 Å². The monoisotopic (exact) mass is 581 g/mol. The molecule has 0 spiro atoms. The Morgan fingerprint density at radius 3 is 2.37 bits per heavy atom. The maximum absolute atomic E-state index is 13.9. The van der Waals surface area contributed by atoms with Crippen molar-refractivity contribution >= 4 is 29.2 Å². The second-order valence-corrected chi connectivity index (χ2v) is 12.0. The minimum Gasteiger partial charge on any atom is -0.478 e. The highest BCUT2D eigenvalue weighted by Crippen LogP contribution is 2.39. The van der Waals surface area contributed by atoms with Gasteiger partial charge in [0.1, 0.15) is 5.75 Å². The number of nitrogens with zero attached hydrogens (tertiary/aromatic N) is 2. The SMILES string of the molecule is Cc1c(NC(=O)C(c2ccc(CN3N=C(c4ccccc4)CCC3=O)cc2)C2CCCC2)cccc1OC(C)(C)C(=O)O. The first-order valence-electron chi connectivity index (χ1n) is 15.0. The largest absolute Gasteiger partial charge is 0.478 e. The number of nitrogens with one attached hydrogen (secondary N) is 1. The summed E-state index contributed by atoms with van der Waals surface area (Å²) in [5.41, 5.74) is 3.68. The van der Waals surface area contributed by atoms with Crippen LogP contribution in [-0.4, -0.2) is 39.2 Å². The van der Waals surface area contributed by atoms with Crippen LogP contribution >= 0.6 is 0 Å². The van der Waals surface area contributed by atoms with Crippen LogP contribution in [0.5, 0.6) is 5.75 Å². The van der Waals surface area contributed by atoms with Gasteiger partial charge >= 0.3 is 5.97 Å². The summed E-state index contributed by atoms with van der Waals surface area (Å²) < 4.78 is 5.79. The maximum atomic E-state index is 13.9. The van der Waals surface area contributed by atoms with Crippen LogP contribution in [0.3, 0.4) is 0 Å². The van der Waals surface area contributed by atoms with Crippen molar-refractivity contribution in [3.63, 3.8) is 0 Å². The van der Waals surface area contributed by atoms with Crippen molar-refractivity contribution in [3.05, 3.63) is 95.1 Å². The molecule has 2 aliphatic rings. The zero-order valence-corrected chi connectivity index (χ0v) is 25.0. The number of aliphatic carboxylic acids is 1. The number of carbonyl (C=O) groups is 3. The molecule has 2 amide bonds. The molecule has 43 heavy (non-hydrogen) atoms. The lowest BCUT2D eigenvalue weighted by Gasteiger charge is -2.26. The molecule has 8 heteroatoms. The Kier molecular flexibility index (Phi) is 8.94. The lowest BCUT2D eigenvalue weighted by atomic mass is 9.83. The van der Waals surface area contributed by atoms with Crippen molar-refractivity contribution in [2.24, 2.45) is 11.0 Å². The molecule has 1 aliphatic carbocycles. The van der Waals surface area contributed by atoms with Crippen LogP contribution in [-0.2, 0) is 20.9 Å². The number of amides is 2. The number of carboxylic acids is 1. The Hall–Kier alpha value is -4.46. The summed E-state index contributed by atoms with van der Waals surface area (Å²) in [6.45, 7) is 5.18. The number of benzene rings is 3. The van der Waals surface area contributed by atoms with Crippen molar-refractivity contribution in [1.29, 1.82) is 0 Å². The molecule has 3 aromatic carbocycles. The molecule has 3 aromatic rings. The Balaban J connectivity index is 1.34. The highest BCUT2D eigenvalue weighted by Gasteiger charge is 2.33. The van der Waals surface area contributed by atoms with Gasteiger partial charge in [0.15, 0.2) is 5.60 Å². The standard InChI is InChI=1S/C35H39N3O5/c1-23-28(14-9-15-30(23)43-35(2,3)34(41)42)36-33(40)32(26-12-7-8-13-26)27-18-16-24(17-19-27)22-38-31(39)21-20-29(37-38)25-10-5-4-6-11-25/h4-6,9-11,14-19,26,32H,7-8,12-13,20-22H2,1-3H3,(H,36,40)(H,41,42). The maximum Gasteiger partial charge on any atom is 0.347 e. The van der Waals surface area contributed by atoms with Crippen molar-refractivity contribution in [1.82, 2.24) is 5.01 Å². The summed E-state index contributed by atoms with van der Waals surface area (Å²) in [6.07, 6.45) is 5.20. The van der Waals surface area contributed by atoms with E-state index in [4.69, 9.17) is 4.74 Å². The fourth-order valence-corrected chi connectivity index (χ4v) is 5.88. The molecular weight excluding hydrogens is 542 g/mol. The molecule has 8 nitrogen and oxygen atoms in total. The van der Waals surface area contributed by atoms with Gasteiger partial charge in [0.25, 0.3) is 0 Å². The lowest BCUT2D eigenvalue weighted by Crippen LogP contribution is -2.38. The molecule has 1 atom stereocenters. The third-order valence-corrected chi connectivity index (χ3v) is 8.46. The van der Waals surface area contributed by atoms with Crippen LogP contribution in [0.2, 0.25) is 0 Å². The van der Waals surface area contributed by atoms with E-state index in [0.29, 0.717) is 36.4 Å². The number of anilines is 1. The number of ether oxygens (including phenoxy) is 1. The normalized spacial score (nSPS) is 16.5. The average Bonchev–Trinajstić information content (AvgIpc) is 3.52. The lowest BCUT2D eigenvalue weighted by molar-refractivity contribution is -0.152. The van der Waals surface area contributed by atoms with Gasteiger partial charge in [-0.25, -0.2) is 9.80 Å². The predicted molar refractivity (Wildman–Crippen MR) is 166 cm³/mol. The van der Waals surface area contributed by atoms with Gasteiger partial charge in [-0.15, -0.1) is 0 Å². The van der Waals surface area contributed by atoms with Gasteiger partial charge < -0.3 is 15.2 Å². The highest BCUT2D eigenvalue weighted by atomic mass is 16.5. The van der Waals surface area contributed by atoms with Crippen LogP contribution in [0, 0.1) is 12.8 Å². The van der Waals surface area contributed by atoms with E-state index < -0.39 is 11.6 Å². The Morgan fingerprint density at radius 2 is 1.70 bits per heavy atom. The van der Waals surface area contributed by atoms with Crippen molar-refractivity contribution in [2.75, 3.05) is 5.32 Å². The van der Waals surface area contributed by atoms with Crippen LogP contribution in [0.15, 0.2) is 77.9 Å². The summed E-state index contributed by atoms with van der Waals surface area (Å²) in [4.78, 5) is 38.1. The molecule has 1 saturated carbocycles. The fraction of sp³-hybridized carbons (Fsp3) is 0.371. The number of hydrazone groups is 1. The minimum absolute atomic E-state index is 0.000268. The third-order valence-electron chi connectivity index (χ3n) is 8.46. The van der Waals surface area contributed by atoms with Crippen molar-refractivity contribution < 1.29 is 24.2 Å². The molecular formula is C35H39N3O5. The Labute approximate surface area is 252 Å². The minimum atomic E-state index is -1.41. The van der Waals surface area contributed by atoms with E-state index in [1.807, 2.05) is 67.6 Å². The van der Waals surface area contributed by atoms with Crippen molar-refractivity contribution in [3.8, 4) is 5.75 Å². The zero-order chi connectivity index (χ0) is 30.6. The fourth-order valence-electron chi connectivity index (χ4n) is 5.88. The summed E-state index contributed by atoms with van der Waals surface area (Å²) in [6, 6.07) is 23.2. The summed E-state index contributed by atoms with van der Waals surface area (Å²) in [7, 11) is 0. The molecule has 1 heterocycles. The molecule has 0 aromatic heterocycles. The average molecular weight is 582 g/mol. The van der Waals surface area contributed by atoms with Gasteiger partial charge in [-0.1, -0.05) is 73.5 Å². The predicted octanol–water partition coefficient (Wildman–Crippen LogP) is 6.68. The number of hydrogen-bond acceptors (Lipinski definition) is 5. The summed E-state index contributed by atoms with van der Waals surface area (Å²) in [5, 5.41) is 18.8. The van der Waals surface area contributed by atoms with Gasteiger partial charge in [-0.2, -0.15) is 5.10 Å². The molecule has 0 bridgehead atoms. The molecule has 1 unspecified atom stereocenters. The molecule has 0 saturated heterocycles. The van der Waals surface area contributed by atoms with Crippen molar-refractivity contribution in [2.45, 2.75) is 77.4 Å². The Bertz CT molecular complexity index is 1510. The highest BCUT2D eigenvalue weighted by molar-refractivity contribution is 6.04. The first kappa shape index (κ1) is 30.0. The van der Waals surface area contributed by atoms with E-state index in [-0.39, 0.29) is 23.7 Å². The second kappa shape index (κ2) is 12.8. The topological polar surface area (TPSA) is 108 Å². The van der Waals surface area contributed by atoms with Gasteiger partial charge in [-0.05, 0) is 68.4 Å². The molecule has 224 valence electrons. The first-order chi connectivity index (χ1) is 20.6. The third kappa shape index (κ3) is 6.96. The van der Waals surface area contributed by atoms with Crippen LogP contribution in [0.1, 0.15) is 80.5 Å². The van der Waals surface area contributed by atoms with Crippen LogP contribution in [0.4, 0.5) is 5.69 Å². The van der Waals surface area contributed by atoms with E-state index >= 15 is 0 Å². The van der Waals surface area contributed by atoms with Crippen LogP contribution in [0.25, 0.3) is 0 Å². The van der Waals surface area contributed by atoms with E-state index in [0.717, 1.165) is 48.1 Å². The molecule has 1 aliphatic heterocycles. The molecule has 5 rings (SSSR count). The quantitative estimate of drug-likeness (QED) is 0.278. The summed E-state index contributed by atoms with van der Waals surface area (Å²) in [5.74, 6) is -0.869. The molecule has 0 radical (unpaired) electrons. The van der Waals surface area contributed by atoms with E-state index in [1.54, 1.807) is 17.1 Å². The van der Waals surface area contributed by atoms with Gasteiger partial charge in [0.2, 0.25) is 11.8 Å². The zero-order valence-electron chi connectivity index (χ0n) is 25.0. The smallest absolute Gasteiger partial charge is 0.347 e. The summed E-state index contributed by atoms with van der Waals surface area (Å²) >= 11 is 0. The number of carbonyl (C=O) groups excluding carboxylic acids is 2. The van der Waals surface area contributed by atoms with Crippen LogP contribution < -0.4 is 10.1 Å². The van der Waals surface area contributed by atoms with E-state index in [2.05, 4.69) is 10.4 Å². The van der Waals surface area contributed by atoms with E-state index in [1.165, 1.54) is 13.8 Å². The number of hydrogen-bond donors (Lipinski definition) is 2. The number of carboxylic acid groups (broad SMARTS) is 1. The second-order valence-electron chi connectivity index (χ2n) is 12.0. The molecule has 2 N–H and O–H groups in total. The van der Waals surface area contributed by atoms with Gasteiger partial charge in [0.05, 0.1) is 18.2 Å². The molecule has 1 fully saturated rings. The number of rotatable bonds is 10. The van der Waals surface area contributed by atoms with Gasteiger partial charge in [0, 0.05) is 24.1 Å². The van der Waals surface area contributed by atoms with E-state index in [9.17, 15) is 19.5 Å². The Morgan fingerprint density at radius 1 is 1.00 bits per heavy atom. The first-order valence-corrected chi connectivity index (χ1v) is 15.0.